The molecule has 2 aromatic rings. The lowest BCUT2D eigenvalue weighted by Gasteiger charge is -2.32. The Balaban J connectivity index is 1.79. The third-order valence-electron chi connectivity index (χ3n) is 4.80. The molecule has 25 heavy (non-hydrogen) atoms. The number of rotatable bonds is 4. The largest absolute Gasteiger partial charge is 0.496 e. The highest BCUT2D eigenvalue weighted by Gasteiger charge is 2.52. The van der Waals surface area contributed by atoms with E-state index in [0.717, 1.165) is 5.56 Å². The molecule has 1 aliphatic rings. The number of ether oxygens (including phenoxy) is 1. The summed E-state index contributed by atoms with van der Waals surface area (Å²) in [5, 5.41) is 0.982. The van der Waals surface area contributed by atoms with Gasteiger partial charge in [-0.15, -0.1) is 0 Å². The van der Waals surface area contributed by atoms with Gasteiger partial charge in [-0.25, -0.2) is 0 Å². The number of halogens is 2. The van der Waals surface area contributed by atoms with Crippen molar-refractivity contribution in [3.8, 4) is 5.75 Å². The highest BCUT2D eigenvalue weighted by atomic mass is 35.5. The van der Waals surface area contributed by atoms with Gasteiger partial charge in [-0.1, -0.05) is 53.5 Å². The second kappa shape index (κ2) is 6.84. The normalized spacial score (nSPS) is 18.4. The molecule has 0 spiro atoms. The predicted molar refractivity (Wildman–Crippen MR) is 103 cm³/mol. The average molecular weight is 379 g/mol. The molecule has 1 heterocycles. The van der Waals surface area contributed by atoms with E-state index in [9.17, 15) is 0 Å². The minimum Gasteiger partial charge on any atom is -0.487 e. The van der Waals surface area contributed by atoms with Gasteiger partial charge in [0.2, 0.25) is 0 Å². The standard InChI is InChI=1S/C19H21BCl2O3/c1-18(2)19(3,4)25-20(24-18)14-10-16(22)17(11-15(14)21)23-12-13-8-6-5-7-9-13/h5-11H,12H2,1-4H3. The first-order valence-corrected chi connectivity index (χ1v) is 8.96. The van der Waals surface area contributed by atoms with Crippen molar-refractivity contribution in [2.45, 2.75) is 45.5 Å². The Bertz CT molecular complexity index is 747. The molecular weight excluding hydrogens is 358 g/mol. The minimum atomic E-state index is -0.557. The summed E-state index contributed by atoms with van der Waals surface area (Å²) in [6.45, 7) is 8.42. The van der Waals surface area contributed by atoms with Crippen LogP contribution in [0.1, 0.15) is 33.3 Å². The van der Waals surface area contributed by atoms with Gasteiger partial charge in [-0.3, -0.25) is 0 Å². The zero-order valence-electron chi connectivity index (χ0n) is 14.8. The molecule has 0 atom stereocenters. The Kier molecular flexibility index (Phi) is 5.09. The van der Waals surface area contributed by atoms with Crippen LogP contribution in [0, 0.1) is 0 Å². The minimum absolute atomic E-state index is 0.423. The topological polar surface area (TPSA) is 27.7 Å². The molecular formula is C19H21BCl2O3. The Morgan fingerprint density at radius 2 is 1.52 bits per heavy atom. The van der Waals surface area contributed by atoms with Crippen molar-refractivity contribution < 1.29 is 14.0 Å². The highest BCUT2D eigenvalue weighted by Crippen LogP contribution is 2.38. The van der Waals surface area contributed by atoms with Crippen molar-refractivity contribution in [3.05, 3.63) is 58.1 Å². The summed E-state index contributed by atoms with van der Waals surface area (Å²) in [7, 11) is -0.557. The second-order valence-electron chi connectivity index (χ2n) is 7.17. The fourth-order valence-electron chi connectivity index (χ4n) is 2.54. The third kappa shape index (κ3) is 3.82. The Morgan fingerprint density at radius 3 is 2.12 bits per heavy atom. The maximum absolute atomic E-state index is 6.45. The van der Waals surface area contributed by atoms with Crippen molar-refractivity contribution in [3.63, 3.8) is 0 Å². The summed E-state index contributed by atoms with van der Waals surface area (Å²) in [4.78, 5) is 0. The maximum Gasteiger partial charge on any atom is 0.496 e. The van der Waals surface area contributed by atoms with E-state index in [4.69, 9.17) is 37.2 Å². The molecule has 0 unspecified atom stereocenters. The average Bonchev–Trinajstić information content (AvgIpc) is 2.76. The summed E-state index contributed by atoms with van der Waals surface area (Å²) >= 11 is 12.8. The molecule has 0 aromatic heterocycles. The third-order valence-corrected chi connectivity index (χ3v) is 5.42. The lowest BCUT2D eigenvalue weighted by atomic mass is 9.79. The van der Waals surface area contributed by atoms with Crippen molar-refractivity contribution in [1.29, 1.82) is 0 Å². The van der Waals surface area contributed by atoms with E-state index in [1.165, 1.54) is 0 Å². The SMILES string of the molecule is CC1(C)OB(c2cc(Cl)c(OCc3ccccc3)cc2Cl)OC1(C)C. The van der Waals surface area contributed by atoms with Crippen LogP contribution in [0.4, 0.5) is 0 Å². The van der Waals surface area contributed by atoms with Gasteiger partial charge in [-0.2, -0.15) is 0 Å². The van der Waals surface area contributed by atoms with Crippen molar-refractivity contribution in [1.82, 2.24) is 0 Å². The monoisotopic (exact) mass is 378 g/mol. The molecule has 2 aromatic carbocycles. The van der Waals surface area contributed by atoms with Gasteiger partial charge in [0.05, 0.1) is 16.2 Å². The first-order chi connectivity index (χ1) is 11.7. The Morgan fingerprint density at radius 1 is 0.920 bits per heavy atom. The number of hydrogen-bond donors (Lipinski definition) is 0. The molecule has 1 saturated heterocycles. The van der Waals surface area contributed by atoms with Gasteiger partial charge in [0.15, 0.2) is 0 Å². The summed E-state index contributed by atoms with van der Waals surface area (Å²) in [6, 6.07) is 13.4. The molecule has 0 saturated carbocycles. The van der Waals surface area contributed by atoms with E-state index < -0.39 is 18.3 Å². The number of hydrogen-bond acceptors (Lipinski definition) is 3. The lowest BCUT2D eigenvalue weighted by Crippen LogP contribution is -2.41. The van der Waals surface area contributed by atoms with Crippen LogP contribution in [-0.2, 0) is 15.9 Å². The highest BCUT2D eigenvalue weighted by molar-refractivity contribution is 6.66. The predicted octanol–water partition coefficient (Wildman–Crippen LogP) is 4.87. The van der Waals surface area contributed by atoms with Gasteiger partial charge in [0.25, 0.3) is 0 Å². The van der Waals surface area contributed by atoms with Crippen molar-refractivity contribution in [2.24, 2.45) is 0 Å². The molecule has 132 valence electrons. The van der Waals surface area contributed by atoms with E-state index in [2.05, 4.69) is 0 Å². The summed E-state index contributed by atoms with van der Waals surface area (Å²) in [5.41, 5.74) is 0.897. The molecule has 0 bridgehead atoms. The fraction of sp³-hybridized carbons (Fsp3) is 0.368. The fourth-order valence-corrected chi connectivity index (χ4v) is 3.01. The lowest BCUT2D eigenvalue weighted by molar-refractivity contribution is 0.00578. The molecule has 6 heteroatoms. The van der Waals surface area contributed by atoms with E-state index in [0.29, 0.717) is 27.9 Å². The molecule has 1 fully saturated rings. The van der Waals surface area contributed by atoms with Crippen LogP contribution in [0.15, 0.2) is 42.5 Å². The van der Waals surface area contributed by atoms with Crippen LogP contribution < -0.4 is 10.2 Å². The molecule has 1 aliphatic heterocycles. The van der Waals surface area contributed by atoms with Gasteiger partial charge < -0.3 is 14.0 Å². The van der Waals surface area contributed by atoms with Crippen LogP contribution in [0.2, 0.25) is 10.0 Å². The van der Waals surface area contributed by atoms with Crippen molar-refractivity contribution >= 4 is 35.8 Å². The van der Waals surface area contributed by atoms with Crippen LogP contribution in [-0.4, -0.2) is 18.3 Å². The zero-order chi connectivity index (χ0) is 18.2. The summed E-state index contributed by atoms with van der Waals surface area (Å²) < 4.78 is 17.9. The second-order valence-corrected chi connectivity index (χ2v) is 7.98. The summed E-state index contributed by atoms with van der Waals surface area (Å²) in [5.74, 6) is 0.538. The molecule has 3 rings (SSSR count). The number of benzene rings is 2. The molecule has 0 amide bonds. The van der Waals surface area contributed by atoms with Gasteiger partial charge in [0, 0.05) is 10.5 Å². The van der Waals surface area contributed by atoms with E-state index in [1.807, 2.05) is 58.0 Å². The Hall–Kier alpha value is -1.20. The van der Waals surface area contributed by atoms with Crippen LogP contribution in [0.25, 0.3) is 0 Å². The molecule has 3 nitrogen and oxygen atoms in total. The van der Waals surface area contributed by atoms with Crippen molar-refractivity contribution in [2.75, 3.05) is 0 Å². The quantitative estimate of drug-likeness (QED) is 0.710. The first-order valence-electron chi connectivity index (χ1n) is 8.21. The molecule has 0 radical (unpaired) electrons. The Labute approximate surface area is 159 Å². The summed E-state index contributed by atoms with van der Waals surface area (Å²) in [6.07, 6.45) is 0. The van der Waals surface area contributed by atoms with E-state index in [1.54, 1.807) is 12.1 Å². The van der Waals surface area contributed by atoms with Crippen LogP contribution in [0.5, 0.6) is 5.75 Å². The van der Waals surface area contributed by atoms with E-state index >= 15 is 0 Å². The van der Waals surface area contributed by atoms with Gasteiger partial charge in [0.1, 0.15) is 12.4 Å². The van der Waals surface area contributed by atoms with Crippen LogP contribution in [0.3, 0.4) is 0 Å². The van der Waals surface area contributed by atoms with Crippen LogP contribution >= 0.6 is 23.2 Å². The zero-order valence-corrected chi connectivity index (χ0v) is 16.3. The van der Waals surface area contributed by atoms with E-state index in [-0.39, 0.29) is 0 Å². The molecule has 0 N–H and O–H groups in total. The first kappa shape index (κ1) is 18.6. The maximum atomic E-state index is 6.45. The molecule has 0 aliphatic carbocycles. The smallest absolute Gasteiger partial charge is 0.487 e. The van der Waals surface area contributed by atoms with Gasteiger partial charge in [-0.05, 0) is 45.4 Å². The van der Waals surface area contributed by atoms with Gasteiger partial charge >= 0.3 is 7.12 Å².